The first kappa shape index (κ1) is 13.8. The minimum Gasteiger partial charge on any atom is -1.00 e. The summed E-state index contributed by atoms with van der Waals surface area (Å²) in [6.45, 7) is 4.92. The second kappa shape index (κ2) is 10.2. The molecule has 1 rings (SSSR count). The Morgan fingerprint density at radius 2 is 1.64 bits per heavy atom. The number of piperazine rings is 1. The third-order valence-corrected chi connectivity index (χ3v) is 1.05. The Morgan fingerprint density at radius 1 is 1.27 bits per heavy atom. The summed E-state index contributed by atoms with van der Waals surface area (Å²) in [5.41, 5.74) is 0. The van der Waals surface area contributed by atoms with Crippen LogP contribution in [0.3, 0.4) is 0 Å². The van der Waals surface area contributed by atoms with Crippen molar-refractivity contribution < 1.29 is 32.1 Å². The lowest BCUT2D eigenvalue weighted by molar-refractivity contribution is -0.657. The molecular weight excluding hydrogens is 190 g/mol. The molecule has 0 aliphatic carbocycles. The van der Waals surface area contributed by atoms with E-state index in [4.69, 9.17) is 14.4 Å². The van der Waals surface area contributed by atoms with Crippen molar-refractivity contribution in [1.29, 1.82) is 0 Å². The molecule has 0 unspecified atom stereocenters. The van der Waals surface area contributed by atoms with Gasteiger partial charge in [0.15, 0.2) is 0 Å². The number of quaternary nitrogens is 1. The summed E-state index contributed by atoms with van der Waals surface area (Å²) in [6, 6.07) is 0. The van der Waals surface area contributed by atoms with Crippen LogP contribution < -0.4 is 23.0 Å². The Balaban J connectivity index is 0. The van der Waals surface area contributed by atoms with E-state index in [1.165, 1.54) is 26.2 Å². The highest BCUT2D eigenvalue weighted by atomic mass is 35.5. The van der Waals surface area contributed by atoms with Crippen LogP contribution in [0.2, 0.25) is 0 Å². The normalized spacial score (nSPS) is 15.5. The minimum atomic E-state index is -2.87. The standard InChI is InChI=1S/C4H10N2.ClH.HO3P/c1-2-6-4-3-5-1;;1-4(2)3/h5-6H,1-4H2;1H;(H-,1,2,3)/p+1. The molecule has 0 atom stereocenters. The van der Waals surface area contributed by atoms with Crippen molar-refractivity contribution >= 4 is 8.25 Å². The van der Waals surface area contributed by atoms with Gasteiger partial charge in [-0.15, -0.1) is 9.79 Å². The fourth-order valence-corrected chi connectivity index (χ4v) is 0.678. The van der Waals surface area contributed by atoms with E-state index >= 15 is 0 Å². The van der Waals surface area contributed by atoms with Gasteiger partial charge in [-0.05, 0) is 0 Å². The Hall–Kier alpha value is 0.230. The second-order valence-electron chi connectivity index (χ2n) is 1.87. The topological polar surface area (TPSA) is 86.2 Å². The van der Waals surface area contributed by atoms with Crippen molar-refractivity contribution in [2.24, 2.45) is 0 Å². The summed E-state index contributed by atoms with van der Waals surface area (Å²) in [5, 5.41) is 5.58. The van der Waals surface area contributed by atoms with E-state index in [2.05, 4.69) is 10.6 Å². The number of rotatable bonds is 0. The van der Waals surface area contributed by atoms with E-state index in [9.17, 15) is 0 Å². The molecule has 1 saturated heterocycles. The molecule has 5 N–H and O–H groups in total. The average molecular weight is 204 g/mol. The predicted molar refractivity (Wildman–Crippen MR) is 36.6 cm³/mol. The highest BCUT2D eigenvalue weighted by molar-refractivity contribution is 7.30. The van der Waals surface area contributed by atoms with Crippen LogP contribution in [0.4, 0.5) is 0 Å². The molecule has 1 heterocycles. The first-order chi connectivity index (χ1) is 4.73. The maximum absolute atomic E-state index is 8.70. The molecule has 5 nitrogen and oxygen atoms in total. The lowest BCUT2D eigenvalue weighted by Crippen LogP contribution is -3.00. The van der Waals surface area contributed by atoms with Crippen LogP contribution >= 0.6 is 8.25 Å². The van der Waals surface area contributed by atoms with Crippen molar-refractivity contribution in [2.45, 2.75) is 0 Å². The van der Waals surface area contributed by atoms with Crippen molar-refractivity contribution in [3.63, 3.8) is 0 Å². The van der Waals surface area contributed by atoms with Crippen LogP contribution in [0.5, 0.6) is 0 Å². The largest absolute Gasteiger partial charge is 1.00 e. The monoisotopic (exact) mass is 203 g/mol. The summed E-state index contributed by atoms with van der Waals surface area (Å²) in [5.74, 6) is 0. The molecule has 0 spiro atoms. The molecule has 11 heavy (non-hydrogen) atoms. The van der Waals surface area contributed by atoms with E-state index < -0.39 is 8.25 Å². The van der Waals surface area contributed by atoms with Gasteiger partial charge in [0.25, 0.3) is 0 Å². The van der Waals surface area contributed by atoms with Crippen LogP contribution in [-0.4, -0.2) is 36.0 Å². The van der Waals surface area contributed by atoms with Gasteiger partial charge in [0.1, 0.15) is 0 Å². The molecule has 0 amide bonds. The van der Waals surface area contributed by atoms with Gasteiger partial charge in [-0.3, -0.25) is 0 Å². The summed E-state index contributed by atoms with van der Waals surface area (Å²) in [6.07, 6.45) is 0. The molecule has 1 fully saturated rings. The maximum atomic E-state index is 8.70. The van der Waals surface area contributed by atoms with Gasteiger partial charge in [0, 0.05) is 17.7 Å². The van der Waals surface area contributed by atoms with Crippen molar-refractivity contribution in [1.82, 2.24) is 5.32 Å². The number of nitrogens with two attached hydrogens (primary N) is 1. The Labute approximate surface area is 72.6 Å². The highest BCUT2D eigenvalue weighted by Crippen LogP contribution is 1.98. The van der Waals surface area contributed by atoms with Gasteiger partial charge in [0.05, 0.1) is 13.1 Å². The zero-order valence-electron chi connectivity index (χ0n) is 6.03. The van der Waals surface area contributed by atoms with Crippen LogP contribution in [-0.2, 0) is 4.57 Å². The first-order valence-electron chi connectivity index (χ1n) is 3.11. The summed E-state index contributed by atoms with van der Waals surface area (Å²) >= 11 is 0. The van der Waals surface area contributed by atoms with Crippen LogP contribution in [0, 0.1) is 0 Å². The summed E-state index contributed by atoms with van der Waals surface area (Å²) in [4.78, 5) is 14.2. The smallest absolute Gasteiger partial charge is 0.692 e. The van der Waals surface area contributed by atoms with Crippen LogP contribution in [0.15, 0.2) is 0 Å². The number of halogens is 1. The Kier molecular flexibility index (Phi) is 12.8. The molecule has 68 valence electrons. The average Bonchev–Trinajstić information content (AvgIpc) is 1.90. The summed E-state index contributed by atoms with van der Waals surface area (Å²) < 4.78 is 8.70. The molecule has 0 aromatic heterocycles. The quantitative estimate of drug-likeness (QED) is 0.297. The molecule has 0 aromatic carbocycles. The summed E-state index contributed by atoms with van der Waals surface area (Å²) in [7, 11) is -2.87. The van der Waals surface area contributed by atoms with Gasteiger partial charge in [0.2, 0.25) is 0 Å². The Bertz CT molecular complexity index is 85.8. The van der Waals surface area contributed by atoms with Crippen molar-refractivity contribution in [3.05, 3.63) is 0 Å². The number of hydrogen-bond donors (Lipinski definition) is 4. The number of nitrogens with one attached hydrogen (secondary N) is 1. The molecule has 0 aromatic rings. The molecular formula is C4H13ClN2O3P+. The predicted octanol–water partition coefficient (Wildman–Crippen LogP) is -5.21. The molecule has 0 saturated carbocycles. The highest BCUT2D eigenvalue weighted by Gasteiger charge is 1.95. The molecule has 1 aliphatic rings. The maximum Gasteiger partial charge on any atom is 0.692 e. The van der Waals surface area contributed by atoms with E-state index in [1.54, 1.807) is 0 Å². The van der Waals surface area contributed by atoms with Crippen molar-refractivity contribution in [3.8, 4) is 0 Å². The molecule has 0 bridgehead atoms. The van der Waals surface area contributed by atoms with Crippen LogP contribution in [0.25, 0.3) is 0 Å². The zero-order chi connectivity index (χ0) is 7.82. The first-order valence-corrected chi connectivity index (χ1v) is 4.27. The van der Waals surface area contributed by atoms with E-state index in [-0.39, 0.29) is 12.4 Å². The molecule has 1 aliphatic heterocycles. The van der Waals surface area contributed by atoms with Gasteiger partial charge in [-0.1, -0.05) is 0 Å². The van der Waals surface area contributed by atoms with Crippen molar-refractivity contribution in [2.75, 3.05) is 26.2 Å². The third-order valence-electron chi connectivity index (χ3n) is 1.05. The fraction of sp³-hybridized carbons (Fsp3) is 1.00. The van der Waals surface area contributed by atoms with Crippen LogP contribution in [0.1, 0.15) is 0 Å². The molecule has 0 radical (unpaired) electrons. The lowest BCUT2D eigenvalue weighted by Gasteiger charge is -2.07. The SMILES string of the molecule is C1C[NH2+]CCN1.O=[P+](O)O.[Cl-]. The fourth-order valence-electron chi connectivity index (χ4n) is 0.678. The van der Waals surface area contributed by atoms with Gasteiger partial charge in [-0.2, -0.15) is 0 Å². The van der Waals surface area contributed by atoms with Gasteiger partial charge >= 0.3 is 8.25 Å². The lowest BCUT2D eigenvalue weighted by atomic mass is 10.4. The van der Waals surface area contributed by atoms with Gasteiger partial charge < -0.3 is 23.0 Å². The third kappa shape index (κ3) is 17.9. The Morgan fingerprint density at radius 3 is 1.73 bits per heavy atom. The minimum absolute atomic E-state index is 0. The van der Waals surface area contributed by atoms with E-state index in [0.717, 1.165) is 0 Å². The zero-order valence-corrected chi connectivity index (χ0v) is 7.68. The second-order valence-corrected chi connectivity index (χ2v) is 2.37. The van der Waals surface area contributed by atoms with Gasteiger partial charge in [-0.25, -0.2) is 0 Å². The van der Waals surface area contributed by atoms with E-state index in [1.807, 2.05) is 0 Å². The number of hydrogen-bond acceptors (Lipinski definition) is 2. The van der Waals surface area contributed by atoms with E-state index in [0.29, 0.717) is 0 Å². The molecule has 7 heteroatoms.